The summed E-state index contributed by atoms with van der Waals surface area (Å²) in [5.74, 6) is -1.54. The first-order valence-corrected chi connectivity index (χ1v) is 6.55. The van der Waals surface area contributed by atoms with Gasteiger partial charge in [0.2, 0.25) is 0 Å². The van der Waals surface area contributed by atoms with Gasteiger partial charge in [-0.2, -0.15) is 0 Å². The molecule has 1 aromatic carbocycles. The van der Waals surface area contributed by atoms with E-state index in [2.05, 4.69) is 15.9 Å². The molecule has 1 heterocycles. The van der Waals surface area contributed by atoms with E-state index in [1.165, 1.54) is 28.8 Å². The quantitative estimate of drug-likeness (QED) is 0.914. The minimum absolute atomic E-state index is 0.0563. The lowest BCUT2D eigenvalue weighted by Crippen LogP contribution is -2.26. The van der Waals surface area contributed by atoms with Crippen LogP contribution >= 0.6 is 15.9 Å². The van der Waals surface area contributed by atoms with Crippen molar-refractivity contribution >= 4 is 21.9 Å². The number of hydrogen-bond donors (Lipinski definition) is 1. The van der Waals surface area contributed by atoms with Gasteiger partial charge in [0.05, 0.1) is 10.0 Å². The van der Waals surface area contributed by atoms with Crippen LogP contribution < -0.4 is 5.56 Å². The van der Waals surface area contributed by atoms with Crippen molar-refractivity contribution in [3.05, 3.63) is 61.7 Å². The Balaban J connectivity index is 2.86. The second-order valence-corrected chi connectivity index (χ2v) is 5.11. The molecular formula is C14H11BrFNO3. The molecular weight excluding hydrogens is 329 g/mol. The van der Waals surface area contributed by atoms with Gasteiger partial charge in [-0.05, 0) is 59.6 Å². The van der Waals surface area contributed by atoms with E-state index in [1.807, 2.05) is 0 Å². The molecule has 104 valence electrons. The highest BCUT2D eigenvalue weighted by Gasteiger charge is 2.20. The van der Waals surface area contributed by atoms with E-state index in [1.54, 1.807) is 13.8 Å². The van der Waals surface area contributed by atoms with Gasteiger partial charge >= 0.3 is 5.97 Å². The number of benzene rings is 1. The molecule has 0 spiro atoms. The summed E-state index contributed by atoms with van der Waals surface area (Å²) < 4.78 is 14.4. The molecule has 0 aliphatic rings. The third-order valence-corrected chi connectivity index (χ3v) is 4.02. The molecule has 0 aliphatic heterocycles. The van der Waals surface area contributed by atoms with Crippen LogP contribution in [0, 0.1) is 19.7 Å². The number of aromatic nitrogens is 1. The number of carboxylic acid groups (broad SMARTS) is 1. The van der Waals surface area contributed by atoms with Crippen LogP contribution in [0.1, 0.15) is 21.6 Å². The molecule has 0 bridgehead atoms. The number of aromatic carboxylic acids is 1. The monoisotopic (exact) mass is 339 g/mol. The minimum Gasteiger partial charge on any atom is -0.478 e. The van der Waals surface area contributed by atoms with Crippen LogP contribution in [-0.2, 0) is 0 Å². The summed E-state index contributed by atoms with van der Waals surface area (Å²) in [5, 5.41) is 9.28. The van der Waals surface area contributed by atoms with Crippen molar-refractivity contribution in [1.29, 1.82) is 0 Å². The smallest absolute Gasteiger partial charge is 0.337 e. The zero-order valence-corrected chi connectivity index (χ0v) is 12.4. The van der Waals surface area contributed by atoms with Gasteiger partial charge in [0.25, 0.3) is 5.56 Å². The SMILES string of the molecule is Cc1c(C(=O)O)c(C)n(-c2ccc(F)cc2)c(=O)c1Br. The topological polar surface area (TPSA) is 59.3 Å². The number of carbonyl (C=O) groups is 1. The molecule has 0 amide bonds. The lowest BCUT2D eigenvalue weighted by molar-refractivity contribution is 0.0694. The summed E-state index contributed by atoms with van der Waals surface area (Å²) in [6, 6.07) is 5.29. The number of hydrogen-bond acceptors (Lipinski definition) is 2. The Morgan fingerprint density at radius 1 is 1.25 bits per heavy atom. The maximum Gasteiger partial charge on any atom is 0.337 e. The molecule has 6 heteroatoms. The normalized spacial score (nSPS) is 10.6. The van der Waals surface area contributed by atoms with E-state index < -0.39 is 11.8 Å². The van der Waals surface area contributed by atoms with Gasteiger partial charge < -0.3 is 5.11 Å². The molecule has 0 atom stereocenters. The second-order valence-electron chi connectivity index (χ2n) is 4.32. The van der Waals surface area contributed by atoms with Crippen LogP contribution in [0.25, 0.3) is 5.69 Å². The summed E-state index contributed by atoms with van der Waals surface area (Å²) in [6.45, 7) is 3.12. The van der Waals surface area contributed by atoms with Gasteiger partial charge in [-0.1, -0.05) is 0 Å². The number of rotatable bonds is 2. The molecule has 1 N–H and O–H groups in total. The molecule has 0 fully saturated rings. The Bertz CT molecular complexity index is 750. The van der Waals surface area contributed by atoms with Crippen molar-refractivity contribution in [1.82, 2.24) is 4.57 Å². The van der Waals surface area contributed by atoms with E-state index in [-0.39, 0.29) is 15.6 Å². The minimum atomic E-state index is -1.11. The highest BCUT2D eigenvalue weighted by atomic mass is 79.9. The Morgan fingerprint density at radius 2 is 1.80 bits per heavy atom. The van der Waals surface area contributed by atoms with E-state index in [0.29, 0.717) is 16.9 Å². The van der Waals surface area contributed by atoms with Gasteiger partial charge in [0.15, 0.2) is 0 Å². The molecule has 2 rings (SSSR count). The molecule has 0 saturated carbocycles. The molecule has 0 unspecified atom stereocenters. The van der Waals surface area contributed by atoms with Crippen molar-refractivity contribution in [2.75, 3.05) is 0 Å². The number of nitrogens with zero attached hydrogens (tertiary/aromatic N) is 1. The standard InChI is InChI=1S/C14H11BrFNO3/c1-7-11(14(19)20)8(2)17(13(18)12(7)15)10-5-3-9(16)4-6-10/h3-6H,1-2H3,(H,19,20). The number of halogens is 2. The third-order valence-electron chi connectivity index (χ3n) is 3.09. The van der Waals surface area contributed by atoms with Gasteiger partial charge in [-0.25, -0.2) is 9.18 Å². The van der Waals surface area contributed by atoms with Gasteiger partial charge in [0.1, 0.15) is 5.82 Å². The van der Waals surface area contributed by atoms with Crippen molar-refractivity contribution in [2.24, 2.45) is 0 Å². The lowest BCUT2D eigenvalue weighted by atomic mass is 10.1. The second kappa shape index (κ2) is 5.20. The third kappa shape index (κ3) is 2.27. The van der Waals surface area contributed by atoms with Crippen molar-refractivity contribution in [3.63, 3.8) is 0 Å². The van der Waals surface area contributed by atoms with E-state index in [0.717, 1.165) is 0 Å². The maximum atomic E-state index is 13.0. The van der Waals surface area contributed by atoms with Crippen LogP contribution in [0.4, 0.5) is 4.39 Å². The fourth-order valence-electron chi connectivity index (χ4n) is 2.12. The average Bonchev–Trinajstić information content (AvgIpc) is 2.38. The first-order chi connectivity index (χ1) is 9.34. The summed E-state index contributed by atoms with van der Waals surface area (Å²) in [7, 11) is 0. The average molecular weight is 340 g/mol. The first kappa shape index (κ1) is 14.5. The molecule has 0 aliphatic carbocycles. The summed E-state index contributed by atoms with van der Waals surface area (Å²) in [5.41, 5.74) is 0.766. The van der Waals surface area contributed by atoms with Crippen LogP contribution in [0.5, 0.6) is 0 Å². The highest BCUT2D eigenvalue weighted by molar-refractivity contribution is 9.10. The number of carboxylic acids is 1. The zero-order valence-electron chi connectivity index (χ0n) is 10.8. The van der Waals surface area contributed by atoms with E-state index in [4.69, 9.17) is 0 Å². The van der Waals surface area contributed by atoms with Crippen molar-refractivity contribution in [3.8, 4) is 5.69 Å². The Labute approximate surface area is 122 Å². The lowest BCUT2D eigenvalue weighted by Gasteiger charge is -2.15. The van der Waals surface area contributed by atoms with Crippen molar-refractivity contribution in [2.45, 2.75) is 13.8 Å². The predicted molar refractivity (Wildman–Crippen MR) is 76.1 cm³/mol. The molecule has 2 aromatic rings. The maximum absolute atomic E-state index is 13.0. The van der Waals surface area contributed by atoms with E-state index >= 15 is 0 Å². The largest absolute Gasteiger partial charge is 0.478 e. The molecule has 0 radical (unpaired) electrons. The van der Waals surface area contributed by atoms with E-state index in [9.17, 15) is 19.1 Å². The van der Waals surface area contributed by atoms with Crippen LogP contribution in [-0.4, -0.2) is 15.6 Å². The Kier molecular flexibility index (Phi) is 3.76. The zero-order chi connectivity index (χ0) is 15.0. The van der Waals surface area contributed by atoms with Gasteiger partial charge in [0, 0.05) is 11.4 Å². The predicted octanol–water partition coefficient (Wildman–Crippen LogP) is 3.05. The first-order valence-electron chi connectivity index (χ1n) is 5.75. The van der Waals surface area contributed by atoms with Crippen molar-refractivity contribution < 1.29 is 14.3 Å². The fourth-order valence-corrected chi connectivity index (χ4v) is 2.50. The molecule has 0 saturated heterocycles. The summed E-state index contributed by atoms with van der Waals surface area (Å²) in [4.78, 5) is 23.6. The Hall–Kier alpha value is -1.95. The summed E-state index contributed by atoms with van der Waals surface area (Å²) >= 11 is 3.12. The molecule has 4 nitrogen and oxygen atoms in total. The highest BCUT2D eigenvalue weighted by Crippen LogP contribution is 2.22. The number of pyridine rings is 1. The van der Waals surface area contributed by atoms with Crippen LogP contribution in [0.3, 0.4) is 0 Å². The van der Waals surface area contributed by atoms with Crippen LogP contribution in [0.2, 0.25) is 0 Å². The van der Waals surface area contributed by atoms with Crippen LogP contribution in [0.15, 0.2) is 33.5 Å². The molecule has 1 aromatic heterocycles. The van der Waals surface area contributed by atoms with Gasteiger partial charge in [-0.3, -0.25) is 9.36 Å². The summed E-state index contributed by atoms with van der Waals surface area (Å²) in [6.07, 6.45) is 0. The van der Waals surface area contributed by atoms with Gasteiger partial charge in [-0.15, -0.1) is 0 Å². The fraction of sp³-hybridized carbons (Fsp3) is 0.143. The Morgan fingerprint density at radius 3 is 2.30 bits per heavy atom. The molecule has 20 heavy (non-hydrogen) atoms.